The van der Waals surface area contributed by atoms with Crippen molar-refractivity contribution < 1.29 is 9.18 Å². The number of aryl methyl sites for hydroxylation is 1. The van der Waals surface area contributed by atoms with E-state index in [1.54, 1.807) is 39.9 Å². The van der Waals surface area contributed by atoms with E-state index in [-0.39, 0.29) is 17.6 Å². The van der Waals surface area contributed by atoms with Crippen LogP contribution in [0.2, 0.25) is 0 Å². The first kappa shape index (κ1) is 22.9. The highest BCUT2D eigenvalue weighted by Crippen LogP contribution is 2.34. The maximum Gasteiger partial charge on any atom is 0.225 e. The van der Waals surface area contributed by atoms with E-state index in [4.69, 9.17) is 4.98 Å². The second-order valence-electron chi connectivity index (χ2n) is 8.47. The standard InChI is InChI=1S/C25H26FN5OS2/c1-16-22-23(31(29-16)20-9-7-19(26)8-10-20)28-25(34-22)30-13-3-4-18(15-30)24(32)27-14-17-5-11-21(33-2)12-6-17/h5-12,18H,3-4,13-15H2,1-2H3,(H,27,32). The summed E-state index contributed by atoms with van der Waals surface area (Å²) in [6.07, 6.45) is 3.87. The molecule has 1 atom stereocenters. The number of anilines is 1. The van der Waals surface area contributed by atoms with E-state index in [1.165, 1.54) is 17.0 Å². The van der Waals surface area contributed by atoms with Crippen LogP contribution >= 0.6 is 23.1 Å². The number of piperidine rings is 1. The molecular weight excluding hydrogens is 469 g/mol. The molecule has 176 valence electrons. The summed E-state index contributed by atoms with van der Waals surface area (Å²) in [6, 6.07) is 14.5. The molecule has 1 N–H and O–H groups in total. The molecule has 0 bridgehead atoms. The smallest absolute Gasteiger partial charge is 0.225 e. The molecular formula is C25H26FN5OS2. The lowest BCUT2D eigenvalue weighted by Crippen LogP contribution is -2.43. The summed E-state index contributed by atoms with van der Waals surface area (Å²) in [5.74, 6) is -0.258. The van der Waals surface area contributed by atoms with Crippen LogP contribution in [0.4, 0.5) is 9.52 Å². The number of hydrogen-bond donors (Lipinski definition) is 1. The van der Waals surface area contributed by atoms with Crippen molar-refractivity contribution in [2.45, 2.75) is 31.2 Å². The van der Waals surface area contributed by atoms with Gasteiger partial charge < -0.3 is 10.2 Å². The van der Waals surface area contributed by atoms with Crippen molar-refractivity contribution in [3.63, 3.8) is 0 Å². The summed E-state index contributed by atoms with van der Waals surface area (Å²) in [5, 5.41) is 8.61. The van der Waals surface area contributed by atoms with Crippen LogP contribution in [0.15, 0.2) is 53.4 Å². The molecule has 1 amide bonds. The second-order valence-corrected chi connectivity index (χ2v) is 10.3. The Balaban J connectivity index is 1.29. The normalized spacial score (nSPS) is 16.2. The zero-order valence-electron chi connectivity index (χ0n) is 19.1. The Kier molecular flexibility index (Phi) is 6.56. The van der Waals surface area contributed by atoms with Crippen LogP contribution in [0, 0.1) is 18.7 Å². The molecule has 3 heterocycles. The number of halogens is 1. The van der Waals surface area contributed by atoms with Crippen molar-refractivity contribution in [3.05, 3.63) is 65.6 Å². The Hall–Kier alpha value is -2.91. The van der Waals surface area contributed by atoms with Gasteiger partial charge in [-0.05, 0) is 68.0 Å². The number of carbonyl (C=O) groups is 1. The van der Waals surface area contributed by atoms with Gasteiger partial charge in [0.1, 0.15) is 5.82 Å². The van der Waals surface area contributed by atoms with Crippen molar-refractivity contribution in [3.8, 4) is 5.69 Å². The van der Waals surface area contributed by atoms with E-state index in [2.05, 4.69) is 45.8 Å². The number of benzene rings is 2. The molecule has 4 aromatic rings. The number of nitrogens with one attached hydrogen (secondary N) is 1. The molecule has 34 heavy (non-hydrogen) atoms. The van der Waals surface area contributed by atoms with Gasteiger partial charge in [0, 0.05) is 24.5 Å². The molecule has 1 unspecified atom stereocenters. The Labute approximate surface area is 206 Å². The quantitative estimate of drug-likeness (QED) is 0.373. The van der Waals surface area contributed by atoms with Crippen molar-refractivity contribution in [2.24, 2.45) is 5.92 Å². The number of fused-ring (bicyclic) bond motifs is 1. The molecule has 1 fully saturated rings. The summed E-state index contributed by atoms with van der Waals surface area (Å²) < 4.78 is 16.1. The Morgan fingerprint density at radius 3 is 2.71 bits per heavy atom. The zero-order chi connectivity index (χ0) is 23.7. The summed E-state index contributed by atoms with van der Waals surface area (Å²) in [5.41, 5.74) is 3.54. The molecule has 1 saturated heterocycles. The first-order valence-electron chi connectivity index (χ1n) is 11.3. The molecule has 0 aliphatic carbocycles. The van der Waals surface area contributed by atoms with Crippen LogP contribution in [0.3, 0.4) is 0 Å². The van der Waals surface area contributed by atoms with Crippen LogP contribution < -0.4 is 10.2 Å². The van der Waals surface area contributed by atoms with Crippen LogP contribution in [0.25, 0.3) is 16.0 Å². The van der Waals surface area contributed by atoms with E-state index in [0.29, 0.717) is 13.1 Å². The summed E-state index contributed by atoms with van der Waals surface area (Å²) >= 11 is 3.31. The Bertz CT molecular complexity index is 1300. The van der Waals surface area contributed by atoms with Gasteiger partial charge in [0.05, 0.1) is 22.0 Å². The zero-order valence-corrected chi connectivity index (χ0v) is 20.8. The van der Waals surface area contributed by atoms with Gasteiger partial charge in [-0.2, -0.15) is 10.1 Å². The molecule has 1 aliphatic rings. The van der Waals surface area contributed by atoms with Crippen LogP contribution in [0.1, 0.15) is 24.1 Å². The SMILES string of the molecule is CSc1ccc(CNC(=O)C2CCCN(c3nc4c(s3)c(C)nn4-c3ccc(F)cc3)C2)cc1. The van der Waals surface area contributed by atoms with Crippen LogP contribution in [-0.2, 0) is 11.3 Å². The van der Waals surface area contributed by atoms with E-state index in [0.717, 1.165) is 51.8 Å². The Morgan fingerprint density at radius 1 is 1.21 bits per heavy atom. The van der Waals surface area contributed by atoms with Gasteiger partial charge in [-0.1, -0.05) is 23.5 Å². The average molecular weight is 496 g/mol. The molecule has 0 spiro atoms. The minimum absolute atomic E-state index is 0.0686. The van der Waals surface area contributed by atoms with Crippen LogP contribution in [0.5, 0.6) is 0 Å². The van der Waals surface area contributed by atoms with Crippen molar-refractivity contribution in [1.29, 1.82) is 0 Å². The van der Waals surface area contributed by atoms with Gasteiger partial charge in [-0.15, -0.1) is 11.8 Å². The van der Waals surface area contributed by atoms with Gasteiger partial charge in [0.25, 0.3) is 0 Å². The van der Waals surface area contributed by atoms with Gasteiger partial charge in [0.15, 0.2) is 10.8 Å². The highest BCUT2D eigenvalue weighted by Gasteiger charge is 2.28. The highest BCUT2D eigenvalue weighted by atomic mass is 32.2. The van der Waals surface area contributed by atoms with Crippen molar-refractivity contribution in [1.82, 2.24) is 20.1 Å². The fourth-order valence-electron chi connectivity index (χ4n) is 4.26. The van der Waals surface area contributed by atoms with Crippen LogP contribution in [-0.4, -0.2) is 40.0 Å². The first-order chi connectivity index (χ1) is 16.5. The number of amides is 1. The maximum atomic E-state index is 13.4. The molecule has 1 aliphatic heterocycles. The topological polar surface area (TPSA) is 63.1 Å². The molecule has 9 heteroatoms. The average Bonchev–Trinajstić information content (AvgIpc) is 3.44. The van der Waals surface area contributed by atoms with E-state index in [1.807, 2.05) is 6.92 Å². The molecule has 6 nitrogen and oxygen atoms in total. The number of nitrogens with zero attached hydrogens (tertiary/aromatic N) is 4. The van der Waals surface area contributed by atoms with Gasteiger partial charge in [-0.25, -0.2) is 9.07 Å². The van der Waals surface area contributed by atoms with Gasteiger partial charge in [0.2, 0.25) is 5.91 Å². The van der Waals surface area contributed by atoms with E-state index >= 15 is 0 Å². The summed E-state index contributed by atoms with van der Waals surface area (Å²) in [4.78, 5) is 21.2. The number of thioether (sulfide) groups is 1. The number of rotatable bonds is 6. The van der Waals surface area contributed by atoms with E-state index < -0.39 is 0 Å². The minimum atomic E-state index is -0.280. The largest absolute Gasteiger partial charge is 0.352 e. The first-order valence-corrected chi connectivity index (χ1v) is 13.3. The third-order valence-electron chi connectivity index (χ3n) is 6.14. The lowest BCUT2D eigenvalue weighted by atomic mass is 9.97. The van der Waals surface area contributed by atoms with Gasteiger partial charge >= 0.3 is 0 Å². The van der Waals surface area contributed by atoms with Crippen molar-refractivity contribution in [2.75, 3.05) is 24.2 Å². The molecule has 0 saturated carbocycles. The third-order valence-corrected chi connectivity index (χ3v) is 8.09. The number of thiazole rings is 1. The number of aromatic nitrogens is 3. The fraction of sp³-hybridized carbons (Fsp3) is 0.320. The molecule has 2 aromatic carbocycles. The molecule has 0 radical (unpaired) electrons. The maximum absolute atomic E-state index is 13.4. The summed E-state index contributed by atoms with van der Waals surface area (Å²) in [7, 11) is 0. The lowest BCUT2D eigenvalue weighted by Gasteiger charge is -2.31. The predicted octanol–water partition coefficient (Wildman–Crippen LogP) is 5.18. The van der Waals surface area contributed by atoms with Crippen molar-refractivity contribution >= 4 is 44.5 Å². The van der Waals surface area contributed by atoms with E-state index in [9.17, 15) is 9.18 Å². The molecule has 5 rings (SSSR count). The fourth-order valence-corrected chi connectivity index (χ4v) is 5.69. The third kappa shape index (κ3) is 4.67. The summed E-state index contributed by atoms with van der Waals surface area (Å²) in [6.45, 7) is 4.02. The monoisotopic (exact) mass is 495 g/mol. The highest BCUT2D eigenvalue weighted by molar-refractivity contribution is 7.98. The second kappa shape index (κ2) is 9.76. The number of hydrogen-bond acceptors (Lipinski definition) is 6. The number of carbonyl (C=O) groups excluding carboxylic acids is 1. The van der Waals surface area contributed by atoms with Gasteiger partial charge in [-0.3, -0.25) is 4.79 Å². The Morgan fingerprint density at radius 2 is 1.97 bits per heavy atom. The predicted molar refractivity (Wildman–Crippen MR) is 136 cm³/mol. The lowest BCUT2D eigenvalue weighted by molar-refractivity contribution is -0.125. The minimum Gasteiger partial charge on any atom is -0.352 e. The molecule has 2 aromatic heterocycles.